The number of hydrogen-bond donors (Lipinski definition) is 0. The first-order valence-electron chi connectivity index (χ1n) is 9.14. The standard InChI is InChI=1S/C22H22F3NO/c1-3-4-8-15(2)26-14-19(18-11-5-6-12-20(18)26)21(27)16-9-7-10-17(13-16)22(23,24)25/h5-7,9-15H,3-4,8H2,1-2H3. The summed E-state index contributed by atoms with van der Waals surface area (Å²) in [5.41, 5.74) is 0.604. The summed E-state index contributed by atoms with van der Waals surface area (Å²) in [6, 6.07) is 12.4. The van der Waals surface area contributed by atoms with Crippen molar-refractivity contribution in [2.24, 2.45) is 0 Å². The van der Waals surface area contributed by atoms with E-state index in [-0.39, 0.29) is 11.6 Å². The minimum absolute atomic E-state index is 0.0499. The molecule has 1 aromatic heterocycles. The predicted octanol–water partition coefficient (Wildman–Crippen LogP) is 6.64. The molecule has 3 rings (SSSR count). The molecule has 0 aliphatic heterocycles. The van der Waals surface area contributed by atoms with Crippen LogP contribution in [0.15, 0.2) is 54.7 Å². The molecule has 2 aromatic carbocycles. The first-order chi connectivity index (χ1) is 12.8. The van der Waals surface area contributed by atoms with Gasteiger partial charge in [-0.15, -0.1) is 0 Å². The van der Waals surface area contributed by atoms with Crippen molar-refractivity contribution in [1.82, 2.24) is 4.57 Å². The van der Waals surface area contributed by atoms with Gasteiger partial charge in [0.1, 0.15) is 0 Å². The van der Waals surface area contributed by atoms with E-state index in [2.05, 4.69) is 18.4 Å². The van der Waals surface area contributed by atoms with Crippen LogP contribution in [0.3, 0.4) is 0 Å². The number of aromatic nitrogens is 1. The number of nitrogens with zero attached hydrogens (tertiary/aromatic N) is 1. The molecular formula is C22H22F3NO. The molecule has 0 amide bonds. The SMILES string of the molecule is CCCCC(C)n1cc(C(=O)c2cccc(C(F)(F)F)c2)c2ccccc21. The fourth-order valence-corrected chi connectivity index (χ4v) is 3.38. The van der Waals surface area contributed by atoms with Gasteiger partial charge in [-0.05, 0) is 31.5 Å². The summed E-state index contributed by atoms with van der Waals surface area (Å²) in [6.45, 7) is 4.23. The third-order valence-corrected chi connectivity index (χ3v) is 4.89. The summed E-state index contributed by atoms with van der Waals surface area (Å²) in [6.07, 6.45) is 0.447. The predicted molar refractivity (Wildman–Crippen MR) is 101 cm³/mol. The smallest absolute Gasteiger partial charge is 0.344 e. The Bertz CT molecular complexity index is 956. The summed E-state index contributed by atoms with van der Waals surface area (Å²) in [5, 5.41) is 0.767. The van der Waals surface area contributed by atoms with Gasteiger partial charge in [0.2, 0.25) is 0 Å². The highest BCUT2D eigenvalue weighted by Gasteiger charge is 2.31. The highest BCUT2D eigenvalue weighted by Crippen LogP contribution is 2.32. The second kappa shape index (κ2) is 7.59. The van der Waals surface area contributed by atoms with Crippen molar-refractivity contribution in [2.45, 2.75) is 45.3 Å². The summed E-state index contributed by atoms with van der Waals surface area (Å²) in [7, 11) is 0. The Hall–Kier alpha value is -2.56. The van der Waals surface area contributed by atoms with E-state index >= 15 is 0 Å². The van der Waals surface area contributed by atoms with Crippen LogP contribution >= 0.6 is 0 Å². The molecule has 2 nitrogen and oxygen atoms in total. The molecule has 5 heteroatoms. The first kappa shape index (κ1) is 19.2. The second-order valence-corrected chi connectivity index (χ2v) is 6.87. The zero-order valence-corrected chi connectivity index (χ0v) is 15.4. The molecule has 3 aromatic rings. The topological polar surface area (TPSA) is 22.0 Å². The highest BCUT2D eigenvalue weighted by molar-refractivity contribution is 6.16. The number of carbonyl (C=O) groups is 1. The number of hydrogen-bond acceptors (Lipinski definition) is 1. The lowest BCUT2D eigenvalue weighted by molar-refractivity contribution is -0.137. The Morgan fingerprint density at radius 1 is 1.11 bits per heavy atom. The Morgan fingerprint density at radius 3 is 2.56 bits per heavy atom. The molecule has 0 aliphatic carbocycles. The van der Waals surface area contributed by atoms with Crippen molar-refractivity contribution in [2.75, 3.05) is 0 Å². The average molecular weight is 373 g/mol. The average Bonchev–Trinajstić information content (AvgIpc) is 3.05. The van der Waals surface area contributed by atoms with Gasteiger partial charge in [0, 0.05) is 34.3 Å². The van der Waals surface area contributed by atoms with Gasteiger partial charge >= 0.3 is 6.18 Å². The molecule has 0 saturated carbocycles. The molecule has 142 valence electrons. The van der Waals surface area contributed by atoms with Crippen molar-refractivity contribution >= 4 is 16.7 Å². The van der Waals surface area contributed by atoms with Crippen LogP contribution in [0.2, 0.25) is 0 Å². The van der Waals surface area contributed by atoms with E-state index < -0.39 is 17.5 Å². The van der Waals surface area contributed by atoms with E-state index in [0.717, 1.165) is 42.3 Å². The van der Waals surface area contributed by atoms with Crippen molar-refractivity contribution in [3.05, 3.63) is 71.4 Å². The van der Waals surface area contributed by atoms with E-state index in [4.69, 9.17) is 0 Å². The van der Waals surface area contributed by atoms with Crippen LogP contribution < -0.4 is 0 Å². The van der Waals surface area contributed by atoms with Gasteiger partial charge in [0.15, 0.2) is 5.78 Å². The zero-order chi connectivity index (χ0) is 19.6. The number of para-hydroxylation sites is 1. The highest BCUT2D eigenvalue weighted by atomic mass is 19.4. The normalized spacial score (nSPS) is 13.1. The number of ketones is 1. The van der Waals surface area contributed by atoms with Gasteiger partial charge in [0.25, 0.3) is 0 Å². The van der Waals surface area contributed by atoms with Crippen molar-refractivity contribution in [3.8, 4) is 0 Å². The number of halogens is 3. The maximum Gasteiger partial charge on any atom is 0.416 e. The molecule has 0 N–H and O–H groups in total. The van der Waals surface area contributed by atoms with Crippen LogP contribution in [-0.4, -0.2) is 10.4 Å². The maximum absolute atomic E-state index is 13.0. The van der Waals surface area contributed by atoms with Gasteiger partial charge < -0.3 is 4.57 Å². The lowest BCUT2D eigenvalue weighted by atomic mass is 10.0. The summed E-state index contributed by atoms with van der Waals surface area (Å²) in [5.74, 6) is -0.390. The van der Waals surface area contributed by atoms with Gasteiger partial charge in [-0.3, -0.25) is 4.79 Å². The van der Waals surface area contributed by atoms with Crippen LogP contribution in [0.25, 0.3) is 10.9 Å². The summed E-state index contributed by atoms with van der Waals surface area (Å²) < 4.78 is 41.1. The molecule has 1 heterocycles. The minimum Gasteiger partial charge on any atom is -0.344 e. The molecule has 1 unspecified atom stereocenters. The van der Waals surface area contributed by atoms with E-state index in [0.29, 0.717) is 5.56 Å². The lowest BCUT2D eigenvalue weighted by Gasteiger charge is -2.14. The maximum atomic E-state index is 13.0. The Morgan fingerprint density at radius 2 is 1.85 bits per heavy atom. The van der Waals surface area contributed by atoms with Crippen LogP contribution in [0.4, 0.5) is 13.2 Å². The molecule has 0 radical (unpaired) electrons. The molecular weight excluding hydrogens is 351 g/mol. The number of carbonyl (C=O) groups excluding carboxylic acids is 1. The summed E-state index contributed by atoms with van der Waals surface area (Å²) in [4.78, 5) is 13.0. The van der Waals surface area contributed by atoms with Crippen molar-refractivity contribution in [1.29, 1.82) is 0 Å². The molecule has 0 aliphatic rings. The monoisotopic (exact) mass is 373 g/mol. The zero-order valence-electron chi connectivity index (χ0n) is 15.4. The largest absolute Gasteiger partial charge is 0.416 e. The number of alkyl halides is 3. The summed E-state index contributed by atoms with van der Waals surface area (Å²) >= 11 is 0. The molecule has 0 saturated heterocycles. The number of rotatable bonds is 6. The third kappa shape index (κ3) is 3.92. The first-order valence-corrected chi connectivity index (χ1v) is 9.14. The number of unbranched alkanes of at least 4 members (excludes halogenated alkanes) is 1. The van der Waals surface area contributed by atoms with Crippen LogP contribution in [0.1, 0.15) is 60.6 Å². The molecule has 0 fully saturated rings. The van der Waals surface area contributed by atoms with Crippen molar-refractivity contribution < 1.29 is 18.0 Å². The Labute approximate surface area is 156 Å². The fourth-order valence-electron chi connectivity index (χ4n) is 3.38. The molecule has 1 atom stereocenters. The minimum atomic E-state index is -4.47. The van der Waals surface area contributed by atoms with Gasteiger partial charge in [-0.25, -0.2) is 0 Å². The van der Waals surface area contributed by atoms with Gasteiger partial charge in [-0.1, -0.05) is 50.1 Å². The Balaban J connectivity index is 2.05. The van der Waals surface area contributed by atoms with Gasteiger partial charge in [0.05, 0.1) is 5.56 Å². The number of benzene rings is 2. The van der Waals surface area contributed by atoms with E-state index in [9.17, 15) is 18.0 Å². The number of fused-ring (bicyclic) bond motifs is 1. The third-order valence-electron chi connectivity index (χ3n) is 4.89. The van der Waals surface area contributed by atoms with E-state index in [1.807, 2.05) is 24.3 Å². The van der Waals surface area contributed by atoms with E-state index in [1.54, 1.807) is 6.20 Å². The van der Waals surface area contributed by atoms with Crippen LogP contribution in [0, 0.1) is 0 Å². The van der Waals surface area contributed by atoms with Gasteiger partial charge in [-0.2, -0.15) is 13.2 Å². The second-order valence-electron chi connectivity index (χ2n) is 6.87. The lowest BCUT2D eigenvalue weighted by Crippen LogP contribution is -2.08. The Kier molecular flexibility index (Phi) is 5.40. The molecule has 0 spiro atoms. The van der Waals surface area contributed by atoms with Crippen LogP contribution in [0.5, 0.6) is 0 Å². The quantitative estimate of drug-likeness (QED) is 0.444. The molecule has 0 bridgehead atoms. The van der Waals surface area contributed by atoms with E-state index in [1.165, 1.54) is 12.1 Å². The van der Waals surface area contributed by atoms with Crippen LogP contribution in [-0.2, 0) is 6.18 Å². The van der Waals surface area contributed by atoms with Crippen molar-refractivity contribution in [3.63, 3.8) is 0 Å². The fraction of sp³-hybridized carbons (Fsp3) is 0.318. The molecule has 27 heavy (non-hydrogen) atoms.